The van der Waals surface area contributed by atoms with Crippen LogP contribution in [0, 0.1) is 6.92 Å². The zero-order chi connectivity index (χ0) is 13.8. The number of fused-ring (bicyclic) bond motifs is 1. The lowest BCUT2D eigenvalue weighted by Gasteiger charge is -2.27. The Bertz CT molecular complexity index is 412. The minimum absolute atomic E-state index is 0.408. The third-order valence-electron chi connectivity index (χ3n) is 4.43. The topological polar surface area (TPSA) is 32.5 Å². The number of hydrogen-bond donors (Lipinski definition) is 1. The standard InChI is InChI=1S/C16H27N3/c1-4-18(5-2)9-10-19-12-15-13(3)7-6-8-14(15)16(19)11-17/h6-8,16H,4-5,9-12,17H2,1-3H3. The summed E-state index contributed by atoms with van der Waals surface area (Å²) in [7, 11) is 0. The van der Waals surface area contributed by atoms with Gasteiger partial charge in [-0.3, -0.25) is 4.90 Å². The Morgan fingerprint density at radius 1 is 1.32 bits per heavy atom. The van der Waals surface area contributed by atoms with Crippen molar-refractivity contribution in [2.75, 3.05) is 32.7 Å². The van der Waals surface area contributed by atoms with Crippen LogP contribution < -0.4 is 5.73 Å². The van der Waals surface area contributed by atoms with E-state index in [4.69, 9.17) is 5.73 Å². The van der Waals surface area contributed by atoms with Crippen molar-refractivity contribution in [2.24, 2.45) is 5.73 Å². The number of likely N-dealkylation sites (N-methyl/N-ethyl adjacent to an activating group) is 1. The summed E-state index contributed by atoms with van der Waals surface area (Å²) in [5.41, 5.74) is 10.4. The van der Waals surface area contributed by atoms with Crippen molar-refractivity contribution in [3.8, 4) is 0 Å². The highest BCUT2D eigenvalue weighted by molar-refractivity contribution is 5.40. The first-order valence-corrected chi connectivity index (χ1v) is 7.46. The normalized spacial score (nSPS) is 19.1. The molecule has 1 unspecified atom stereocenters. The molecular weight excluding hydrogens is 234 g/mol. The summed E-state index contributed by atoms with van der Waals surface area (Å²) in [4.78, 5) is 5.01. The Balaban J connectivity index is 2.07. The SMILES string of the molecule is CCN(CC)CCN1Cc2c(C)cccc2C1CN. The van der Waals surface area contributed by atoms with Crippen LogP contribution in [0.15, 0.2) is 18.2 Å². The van der Waals surface area contributed by atoms with E-state index in [1.807, 2.05) is 0 Å². The molecule has 1 aromatic carbocycles. The van der Waals surface area contributed by atoms with Crippen molar-refractivity contribution in [2.45, 2.75) is 33.4 Å². The van der Waals surface area contributed by atoms with Crippen LogP contribution in [0.5, 0.6) is 0 Å². The van der Waals surface area contributed by atoms with Crippen molar-refractivity contribution >= 4 is 0 Å². The van der Waals surface area contributed by atoms with Crippen LogP contribution in [0.25, 0.3) is 0 Å². The second-order valence-corrected chi connectivity index (χ2v) is 5.39. The predicted octanol–water partition coefficient (Wildman–Crippen LogP) is 2.15. The summed E-state index contributed by atoms with van der Waals surface area (Å²) in [6.45, 7) is 12.9. The maximum Gasteiger partial charge on any atom is 0.0477 e. The molecule has 0 radical (unpaired) electrons. The van der Waals surface area contributed by atoms with Gasteiger partial charge >= 0.3 is 0 Å². The highest BCUT2D eigenvalue weighted by Gasteiger charge is 2.29. The van der Waals surface area contributed by atoms with Crippen molar-refractivity contribution in [3.63, 3.8) is 0 Å². The molecule has 0 spiro atoms. The number of rotatable bonds is 6. The summed E-state index contributed by atoms with van der Waals surface area (Å²) in [6, 6.07) is 7.02. The lowest BCUT2D eigenvalue weighted by atomic mass is 10.0. The number of nitrogens with zero attached hydrogens (tertiary/aromatic N) is 2. The zero-order valence-corrected chi connectivity index (χ0v) is 12.5. The van der Waals surface area contributed by atoms with Gasteiger partial charge in [0.25, 0.3) is 0 Å². The van der Waals surface area contributed by atoms with Crippen LogP contribution >= 0.6 is 0 Å². The van der Waals surface area contributed by atoms with Crippen LogP contribution in [-0.2, 0) is 6.54 Å². The van der Waals surface area contributed by atoms with Crippen molar-refractivity contribution in [1.29, 1.82) is 0 Å². The van der Waals surface area contributed by atoms with Gasteiger partial charge in [0.05, 0.1) is 0 Å². The number of nitrogens with two attached hydrogens (primary N) is 1. The summed E-state index contributed by atoms with van der Waals surface area (Å²) < 4.78 is 0. The highest BCUT2D eigenvalue weighted by atomic mass is 15.2. The Hall–Kier alpha value is -0.900. The minimum Gasteiger partial charge on any atom is -0.329 e. The quantitative estimate of drug-likeness (QED) is 0.851. The van der Waals surface area contributed by atoms with E-state index < -0.39 is 0 Å². The molecule has 0 aliphatic carbocycles. The van der Waals surface area contributed by atoms with E-state index in [1.165, 1.54) is 16.7 Å². The minimum atomic E-state index is 0.408. The van der Waals surface area contributed by atoms with Crippen LogP contribution in [-0.4, -0.2) is 42.5 Å². The van der Waals surface area contributed by atoms with Crippen LogP contribution in [0.1, 0.15) is 36.6 Å². The molecule has 0 saturated carbocycles. The molecule has 0 saturated heterocycles. The molecule has 0 fully saturated rings. The summed E-state index contributed by atoms with van der Waals surface area (Å²) in [5, 5.41) is 0. The van der Waals surface area contributed by atoms with Crippen LogP contribution in [0.4, 0.5) is 0 Å². The molecule has 1 heterocycles. The molecule has 1 aliphatic rings. The van der Waals surface area contributed by atoms with Gasteiger partial charge in [0.2, 0.25) is 0 Å². The van der Waals surface area contributed by atoms with Crippen molar-refractivity contribution in [1.82, 2.24) is 9.80 Å². The molecule has 1 atom stereocenters. The van der Waals surface area contributed by atoms with Gasteiger partial charge < -0.3 is 10.6 Å². The van der Waals surface area contributed by atoms with Gasteiger partial charge in [0.1, 0.15) is 0 Å². The van der Waals surface area contributed by atoms with Gasteiger partial charge in [-0.25, -0.2) is 0 Å². The highest BCUT2D eigenvalue weighted by Crippen LogP contribution is 2.34. The zero-order valence-electron chi connectivity index (χ0n) is 12.5. The molecule has 0 aromatic heterocycles. The van der Waals surface area contributed by atoms with E-state index in [9.17, 15) is 0 Å². The summed E-state index contributed by atoms with van der Waals surface area (Å²) in [6.07, 6.45) is 0. The van der Waals surface area contributed by atoms with E-state index in [2.05, 4.69) is 48.8 Å². The molecule has 106 valence electrons. The number of aryl methyl sites for hydroxylation is 1. The van der Waals surface area contributed by atoms with Crippen molar-refractivity contribution in [3.05, 3.63) is 34.9 Å². The fourth-order valence-corrected chi connectivity index (χ4v) is 3.08. The van der Waals surface area contributed by atoms with Crippen molar-refractivity contribution < 1.29 is 0 Å². The van der Waals surface area contributed by atoms with Crippen LogP contribution in [0.3, 0.4) is 0 Å². The molecule has 0 bridgehead atoms. The van der Waals surface area contributed by atoms with E-state index in [-0.39, 0.29) is 0 Å². The average Bonchev–Trinajstić information content (AvgIpc) is 2.79. The fourth-order valence-electron chi connectivity index (χ4n) is 3.08. The van der Waals surface area contributed by atoms with E-state index in [0.717, 1.165) is 32.7 Å². The number of benzene rings is 1. The van der Waals surface area contributed by atoms with Gasteiger partial charge in [-0.2, -0.15) is 0 Å². The third kappa shape index (κ3) is 2.99. The molecule has 2 N–H and O–H groups in total. The van der Waals surface area contributed by atoms with Gasteiger partial charge in [0, 0.05) is 32.2 Å². The lowest BCUT2D eigenvalue weighted by Crippen LogP contribution is -2.36. The fraction of sp³-hybridized carbons (Fsp3) is 0.625. The molecule has 19 heavy (non-hydrogen) atoms. The average molecular weight is 261 g/mol. The summed E-state index contributed by atoms with van der Waals surface area (Å²) >= 11 is 0. The maximum atomic E-state index is 6.01. The Kier molecular flexibility index (Phi) is 4.97. The van der Waals surface area contributed by atoms with Crippen LogP contribution in [0.2, 0.25) is 0 Å². The van der Waals surface area contributed by atoms with Gasteiger partial charge in [0.15, 0.2) is 0 Å². The molecule has 1 aliphatic heterocycles. The van der Waals surface area contributed by atoms with E-state index in [1.54, 1.807) is 0 Å². The largest absolute Gasteiger partial charge is 0.329 e. The maximum absolute atomic E-state index is 6.01. The molecular formula is C16H27N3. The number of hydrogen-bond acceptors (Lipinski definition) is 3. The Labute approximate surface area is 117 Å². The smallest absolute Gasteiger partial charge is 0.0477 e. The molecule has 3 nitrogen and oxygen atoms in total. The first kappa shape index (κ1) is 14.5. The molecule has 0 amide bonds. The second-order valence-electron chi connectivity index (χ2n) is 5.39. The Morgan fingerprint density at radius 3 is 2.68 bits per heavy atom. The van der Waals surface area contributed by atoms with Gasteiger partial charge in [-0.05, 0) is 36.7 Å². The molecule has 2 rings (SSSR count). The van der Waals surface area contributed by atoms with Gasteiger partial charge in [-0.1, -0.05) is 32.0 Å². The molecule has 1 aromatic rings. The second kappa shape index (κ2) is 6.51. The Morgan fingerprint density at radius 2 is 2.05 bits per heavy atom. The van der Waals surface area contributed by atoms with Gasteiger partial charge in [-0.15, -0.1) is 0 Å². The monoisotopic (exact) mass is 261 g/mol. The lowest BCUT2D eigenvalue weighted by molar-refractivity contribution is 0.180. The molecule has 3 heteroatoms. The predicted molar refractivity (Wildman–Crippen MR) is 81.2 cm³/mol. The first-order valence-electron chi connectivity index (χ1n) is 7.46. The first-order chi connectivity index (χ1) is 9.21. The summed E-state index contributed by atoms with van der Waals surface area (Å²) in [5.74, 6) is 0. The van der Waals surface area contributed by atoms with E-state index >= 15 is 0 Å². The van der Waals surface area contributed by atoms with E-state index in [0.29, 0.717) is 12.6 Å². The third-order valence-corrected chi connectivity index (χ3v) is 4.43.